The predicted octanol–water partition coefficient (Wildman–Crippen LogP) is 3.09. The zero-order valence-electron chi connectivity index (χ0n) is 7.57. The van der Waals surface area contributed by atoms with E-state index in [0.29, 0.717) is 10.6 Å². The number of aromatic amines is 1. The number of benzene rings is 1. The minimum atomic E-state index is 0.467. The summed E-state index contributed by atoms with van der Waals surface area (Å²) < 4.78 is 0. The molecular formula is C10H6ClN3S. The Balaban J connectivity index is 2.37. The van der Waals surface area contributed by atoms with Crippen molar-refractivity contribution in [3.63, 3.8) is 0 Å². The van der Waals surface area contributed by atoms with Crippen LogP contribution in [0.5, 0.6) is 0 Å². The van der Waals surface area contributed by atoms with E-state index in [1.165, 1.54) is 11.8 Å². The Morgan fingerprint density at radius 3 is 3.00 bits per heavy atom. The SMILES string of the molecule is N#Cc1c(Cl)cccc1Sc1ncc[nH]1. The van der Waals surface area contributed by atoms with E-state index in [2.05, 4.69) is 16.0 Å². The minimum absolute atomic E-state index is 0.467. The number of imidazole rings is 1. The Labute approximate surface area is 96.1 Å². The summed E-state index contributed by atoms with van der Waals surface area (Å²) in [5.41, 5.74) is 0.487. The van der Waals surface area contributed by atoms with E-state index in [9.17, 15) is 0 Å². The first kappa shape index (κ1) is 10.1. The number of halogens is 1. The molecule has 0 aliphatic heterocycles. The van der Waals surface area contributed by atoms with Crippen LogP contribution in [0.2, 0.25) is 5.02 Å². The zero-order valence-corrected chi connectivity index (χ0v) is 9.14. The first-order chi connectivity index (χ1) is 7.31. The molecule has 1 aromatic carbocycles. The van der Waals surface area contributed by atoms with Crippen LogP contribution < -0.4 is 0 Å². The summed E-state index contributed by atoms with van der Waals surface area (Å²) in [4.78, 5) is 7.83. The van der Waals surface area contributed by atoms with Crippen LogP contribution in [0.4, 0.5) is 0 Å². The molecule has 0 saturated carbocycles. The van der Waals surface area contributed by atoms with Gasteiger partial charge in [-0.15, -0.1) is 0 Å². The van der Waals surface area contributed by atoms with E-state index in [1.54, 1.807) is 18.5 Å². The number of hydrogen-bond acceptors (Lipinski definition) is 3. The fourth-order valence-corrected chi connectivity index (χ4v) is 2.23. The van der Waals surface area contributed by atoms with Gasteiger partial charge in [0.2, 0.25) is 0 Å². The van der Waals surface area contributed by atoms with E-state index in [4.69, 9.17) is 16.9 Å². The summed E-state index contributed by atoms with van der Waals surface area (Å²) in [5, 5.41) is 10.2. The third-order valence-electron chi connectivity index (χ3n) is 1.77. The molecule has 3 nitrogen and oxygen atoms in total. The van der Waals surface area contributed by atoms with Crippen LogP contribution in [-0.4, -0.2) is 9.97 Å². The monoisotopic (exact) mass is 235 g/mol. The van der Waals surface area contributed by atoms with E-state index in [0.717, 1.165) is 10.1 Å². The molecule has 0 saturated heterocycles. The van der Waals surface area contributed by atoms with Gasteiger partial charge in [-0.25, -0.2) is 4.98 Å². The van der Waals surface area contributed by atoms with Gasteiger partial charge in [-0.1, -0.05) is 29.4 Å². The summed E-state index contributed by atoms with van der Waals surface area (Å²) in [6.07, 6.45) is 3.40. The number of nitrogens with zero attached hydrogens (tertiary/aromatic N) is 2. The third-order valence-corrected chi connectivity index (χ3v) is 3.06. The normalized spacial score (nSPS) is 9.87. The van der Waals surface area contributed by atoms with Gasteiger partial charge in [-0.2, -0.15) is 5.26 Å². The van der Waals surface area contributed by atoms with Crippen molar-refractivity contribution in [1.29, 1.82) is 5.26 Å². The largest absolute Gasteiger partial charge is 0.339 e. The average molecular weight is 236 g/mol. The molecule has 0 atom stereocenters. The summed E-state index contributed by atoms with van der Waals surface area (Å²) >= 11 is 7.29. The van der Waals surface area contributed by atoms with Gasteiger partial charge in [-0.05, 0) is 12.1 Å². The molecule has 2 rings (SSSR count). The minimum Gasteiger partial charge on any atom is -0.339 e. The Kier molecular flexibility index (Phi) is 2.95. The Morgan fingerprint density at radius 1 is 1.47 bits per heavy atom. The lowest BCUT2D eigenvalue weighted by Crippen LogP contribution is -1.83. The molecule has 1 N–H and O–H groups in total. The van der Waals surface area contributed by atoms with Gasteiger partial charge in [0.15, 0.2) is 5.16 Å². The van der Waals surface area contributed by atoms with Crippen molar-refractivity contribution in [3.05, 3.63) is 41.2 Å². The van der Waals surface area contributed by atoms with Crippen LogP contribution in [0.25, 0.3) is 0 Å². The van der Waals surface area contributed by atoms with E-state index >= 15 is 0 Å². The highest BCUT2D eigenvalue weighted by atomic mass is 35.5. The van der Waals surface area contributed by atoms with Gasteiger partial charge in [0, 0.05) is 17.3 Å². The molecule has 1 heterocycles. The van der Waals surface area contributed by atoms with Gasteiger partial charge in [0.05, 0.1) is 10.6 Å². The van der Waals surface area contributed by atoms with Gasteiger partial charge in [0.25, 0.3) is 0 Å². The second-order valence-electron chi connectivity index (χ2n) is 2.72. The van der Waals surface area contributed by atoms with Crippen LogP contribution in [-0.2, 0) is 0 Å². The lowest BCUT2D eigenvalue weighted by atomic mass is 10.2. The highest BCUT2D eigenvalue weighted by Gasteiger charge is 2.08. The number of nitriles is 1. The van der Waals surface area contributed by atoms with Gasteiger partial charge < -0.3 is 4.98 Å². The summed E-state index contributed by atoms with van der Waals surface area (Å²) in [5.74, 6) is 0. The van der Waals surface area contributed by atoms with Crippen LogP contribution in [0.1, 0.15) is 5.56 Å². The van der Waals surface area contributed by atoms with Crippen molar-refractivity contribution < 1.29 is 0 Å². The van der Waals surface area contributed by atoms with E-state index < -0.39 is 0 Å². The molecule has 0 radical (unpaired) electrons. The Hall–Kier alpha value is -1.44. The van der Waals surface area contributed by atoms with Crippen molar-refractivity contribution in [2.45, 2.75) is 10.1 Å². The first-order valence-electron chi connectivity index (χ1n) is 4.17. The van der Waals surface area contributed by atoms with Crippen LogP contribution in [0, 0.1) is 11.3 Å². The molecule has 74 valence electrons. The van der Waals surface area contributed by atoms with E-state index in [-0.39, 0.29) is 0 Å². The molecule has 0 amide bonds. The highest BCUT2D eigenvalue weighted by Crippen LogP contribution is 2.31. The van der Waals surface area contributed by atoms with Crippen molar-refractivity contribution in [1.82, 2.24) is 9.97 Å². The van der Waals surface area contributed by atoms with Crippen molar-refractivity contribution in [3.8, 4) is 6.07 Å². The summed E-state index contributed by atoms with van der Waals surface area (Å²) in [7, 11) is 0. The number of hydrogen-bond donors (Lipinski definition) is 1. The maximum Gasteiger partial charge on any atom is 0.170 e. The zero-order chi connectivity index (χ0) is 10.7. The molecule has 0 bridgehead atoms. The van der Waals surface area contributed by atoms with Crippen LogP contribution in [0.15, 0.2) is 40.6 Å². The topological polar surface area (TPSA) is 52.5 Å². The number of H-pyrrole nitrogens is 1. The van der Waals surface area contributed by atoms with Crippen molar-refractivity contribution in [2.75, 3.05) is 0 Å². The van der Waals surface area contributed by atoms with Gasteiger partial charge in [-0.3, -0.25) is 0 Å². The highest BCUT2D eigenvalue weighted by molar-refractivity contribution is 7.99. The summed E-state index contributed by atoms with van der Waals surface area (Å²) in [6.45, 7) is 0. The molecule has 0 fully saturated rings. The molecule has 2 aromatic rings. The Morgan fingerprint density at radius 2 is 2.33 bits per heavy atom. The molecule has 1 aromatic heterocycles. The maximum atomic E-state index is 8.95. The van der Waals surface area contributed by atoms with Crippen molar-refractivity contribution in [2.24, 2.45) is 0 Å². The molecular weight excluding hydrogens is 230 g/mol. The van der Waals surface area contributed by atoms with Gasteiger partial charge >= 0.3 is 0 Å². The molecule has 0 spiro atoms. The molecule has 0 aliphatic carbocycles. The fourth-order valence-electron chi connectivity index (χ4n) is 1.11. The second-order valence-corrected chi connectivity index (χ2v) is 4.16. The second kappa shape index (κ2) is 4.39. The quantitative estimate of drug-likeness (QED) is 0.870. The molecule has 5 heteroatoms. The van der Waals surface area contributed by atoms with Gasteiger partial charge in [0.1, 0.15) is 6.07 Å². The summed E-state index contributed by atoms with van der Waals surface area (Å²) in [6, 6.07) is 7.44. The number of aromatic nitrogens is 2. The number of nitrogens with one attached hydrogen (secondary N) is 1. The lowest BCUT2D eigenvalue weighted by Gasteiger charge is -2.02. The standard InChI is InChI=1S/C10H6ClN3S/c11-8-2-1-3-9(7(8)6-12)15-10-13-4-5-14-10/h1-5H,(H,13,14). The smallest absolute Gasteiger partial charge is 0.170 e. The first-order valence-corrected chi connectivity index (χ1v) is 5.36. The van der Waals surface area contributed by atoms with Crippen molar-refractivity contribution >= 4 is 23.4 Å². The number of rotatable bonds is 2. The van der Waals surface area contributed by atoms with Crippen LogP contribution >= 0.6 is 23.4 Å². The van der Waals surface area contributed by atoms with Crippen LogP contribution in [0.3, 0.4) is 0 Å². The molecule has 0 unspecified atom stereocenters. The maximum absolute atomic E-state index is 8.95. The molecule has 0 aliphatic rings. The average Bonchev–Trinajstić information content (AvgIpc) is 2.71. The predicted molar refractivity (Wildman–Crippen MR) is 58.9 cm³/mol. The Bertz CT molecular complexity index is 502. The molecule has 15 heavy (non-hydrogen) atoms. The van der Waals surface area contributed by atoms with E-state index in [1.807, 2.05) is 12.1 Å². The lowest BCUT2D eigenvalue weighted by molar-refractivity contribution is 1.06. The fraction of sp³-hybridized carbons (Fsp3) is 0. The third kappa shape index (κ3) is 2.14.